The van der Waals surface area contributed by atoms with Gasteiger partial charge in [-0.2, -0.15) is 0 Å². The van der Waals surface area contributed by atoms with Crippen LogP contribution < -0.4 is 9.47 Å². The molecule has 3 aromatic carbocycles. The van der Waals surface area contributed by atoms with E-state index in [1.165, 1.54) is 26.1 Å². The summed E-state index contributed by atoms with van der Waals surface area (Å²) >= 11 is 1.92. The lowest BCUT2D eigenvalue weighted by atomic mass is 10.0. The van der Waals surface area contributed by atoms with E-state index in [1.807, 2.05) is 41.7 Å². The molecule has 1 aliphatic rings. The normalized spacial score (nSPS) is 14.0. The van der Waals surface area contributed by atoms with Crippen LogP contribution in [0.3, 0.4) is 0 Å². The Bertz CT molecular complexity index is 1120. The second-order valence-corrected chi connectivity index (χ2v) is 8.52. The Morgan fingerprint density at radius 1 is 0.897 bits per heavy atom. The first-order chi connectivity index (χ1) is 14.3. The third-order valence-electron chi connectivity index (χ3n) is 5.43. The lowest BCUT2D eigenvalue weighted by Gasteiger charge is -2.27. The Hall–Kier alpha value is -2.82. The Balaban J connectivity index is 1.28. The molecule has 3 nitrogen and oxygen atoms in total. The molecule has 4 heteroatoms. The molecule has 1 aromatic heterocycles. The fraction of sp³-hybridized carbons (Fsp3) is 0.200. The van der Waals surface area contributed by atoms with Crippen LogP contribution in [-0.2, 0) is 19.5 Å². The molecule has 0 saturated heterocycles. The topological polar surface area (TPSA) is 21.7 Å². The average molecular weight is 402 g/mol. The smallest absolute Gasteiger partial charge is 0.127 e. The zero-order valence-electron chi connectivity index (χ0n) is 16.4. The van der Waals surface area contributed by atoms with Crippen molar-refractivity contribution < 1.29 is 9.47 Å². The van der Waals surface area contributed by atoms with E-state index in [0.717, 1.165) is 43.3 Å². The van der Waals surface area contributed by atoms with Gasteiger partial charge in [0.05, 0.1) is 7.11 Å². The lowest BCUT2D eigenvalue weighted by molar-refractivity contribution is 0.248. The van der Waals surface area contributed by atoms with Crippen molar-refractivity contribution in [2.75, 3.05) is 13.7 Å². The third-order valence-corrected chi connectivity index (χ3v) is 6.68. The molecule has 0 fully saturated rings. The quantitative estimate of drug-likeness (QED) is 0.394. The van der Waals surface area contributed by atoms with Gasteiger partial charge in [0.25, 0.3) is 0 Å². The van der Waals surface area contributed by atoms with Gasteiger partial charge in [-0.3, -0.25) is 4.90 Å². The Kier molecular flexibility index (Phi) is 4.96. The molecule has 0 aliphatic carbocycles. The fourth-order valence-electron chi connectivity index (χ4n) is 3.93. The van der Waals surface area contributed by atoms with Crippen molar-refractivity contribution in [2.24, 2.45) is 0 Å². The van der Waals surface area contributed by atoms with Crippen LogP contribution in [-0.4, -0.2) is 18.6 Å². The van der Waals surface area contributed by atoms with E-state index in [4.69, 9.17) is 9.47 Å². The molecule has 0 N–H and O–H groups in total. The SMILES string of the molecule is COc1ccc2c3c(sc2c1)CCN(Cc1ccc(Oc2ccccc2)cc1)C3. The molecule has 146 valence electrons. The highest BCUT2D eigenvalue weighted by atomic mass is 32.1. The summed E-state index contributed by atoms with van der Waals surface area (Å²) in [7, 11) is 1.73. The monoisotopic (exact) mass is 401 g/mol. The number of para-hydroxylation sites is 1. The fourth-order valence-corrected chi connectivity index (χ4v) is 5.16. The molecule has 0 saturated carbocycles. The molecule has 0 atom stereocenters. The number of thiophene rings is 1. The van der Waals surface area contributed by atoms with Crippen LogP contribution in [0.2, 0.25) is 0 Å². The Morgan fingerprint density at radius 3 is 2.45 bits per heavy atom. The minimum Gasteiger partial charge on any atom is -0.497 e. The molecule has 0 radical (unpaired) electrons. The molecule has 1 aliphatic heterocycles. The first-order valence-corrected chi connectivity index (χ1v) is 10.7. The summed E-state index contributed by atoms with van der Waals surface area (Å²) in [5, 5.41) is 1.38. The van der Waals surface area contributed by atoms with Crippen molar-refractivity contribution in [3.8, 4) is 17.2 Å². The number of ether oxygens (including phenoxy) is 2. The van der Waals surface area contributed by atoms with Gasteiger partial charge in [-0.1, -0.05) is 30.3 Å². The number of hydrogen-bond donors (Lipinski definition) is 0. The van der Waals surface area contributed by atoms with Crippen LogP contribution in [0.1, 0.15) is 16.0 Å². The summed E-state index contributed by atoms with van der Waals surface area (Å²) in [6, 6.07) is 24.8. The van der Waals surface area contributed by atoms with Gasteiger partial charge in [0.2, 0.25) is 0 Å². The van der Waals surface area contributed by atoms with Crippen LogP contribution in [0.25, 0.3) is 10.1 Å². The summed E-state index contributed by atoms with van der Waals surface area (Å²) in [4.78, 5) is 4.06. The van der Waals surface area contributed by atoms with Crippen molar-refractivity contribution >= 4 is 21.4 Å². The van der Waals surface area contributed by atoms with Crippen LogP contribution in [0.15, 0.2) is 72.8 Å². The molecular formula is C25H23NO2S. The van der Waals surface area contributed by atoms with Gasteiger partial charge in [-0.15, -0.1) is 11.3 Å². The second-order valence-electron chi connectivity index (χ2n) is 7.39. The Morgan fingerprint density at radius 2 is 1.66 bits per heavy atom. The summed E-state index contributed by atoms with van der Waals surface area (Å²) < 4.78 is 12.6. The molecule has 0 unspecified atom stereocenters. The van der Waals surface area contributed by atoms with Crippen LogP contribution in [0.5, 0.6) is 17.2 Å². The molecule has 5 rings (SSSR count). The molecule has 0 spiro atoms. The van der Waals surface area contributed by atoms with E-state index in [9.17, 15) is 0 Å². The van der Waals surface area contributed by atoms with Gasteiger partial charge in [0.1, 0.15) is 17.2 Å². The van der Waals surface area contributed by atoms with Crippen molar-refractivity contribution in [3.05, 3.63) is 88.8 Å². The first-order valence-electron chi connectivity index (χ1n) is 9.91. The zero-order valence-corrected chi connectivity index (χ0v) is 17.2. The van der Waals surface area contributed by atoms with Crippen molar-refractivity contribution in [1.29, 1.82) is 0 Å². The van der Waals surface area contributed by atoms with E-state index in [2.05, 4.69) is 47.4 Å². The van der Waals surface area contributed by atoms with Gasteiger partial charge in [0, 0.05) is 29.2 Å². The van der Waals surface area contributed by atoms with Gasteiger partial charge in [0.15, 0.2) is 0 Å². The van der Waals surface area contributed by atoms with Crippen LogP contribution in [0.4, 0.5) is 0 Å². The van der Waals surface area contributed by atoms with Crippen molar-refractivity contribution in [3.63, 3.8) is 0 Å². The standard InChI is InChI=1S/C25H23NO2S/c1-27-21-11-12-22-23-17-26(14-13-24(23)29-25(22)15-21)16-18-7-9-20(10-8-18)28-19-5-3-2-4-6-19/h2-12,15H,13-14,16-17H2,1H3. The second kappa shape index (κ2) is 7.90. The Labute approximate surface area is 175 Å². The molecule has 0 bridgehead atoms. The lowest BCUT2D eigenvalue weighted by Crippen LogP contribution is -2.29. The zero-order chi connectivity index (χ0) is 19.6. The van der Waals surface area contributed by atoms with E-state index >= 15 is 0 Å². The number of fused-ring (bicyclic) bond motifs is 3. The number of rotatable bonds is 5. The van der Waals surface area contributed by atoms with Crippen molar-refractivity contribution in [1.82, 2.24) is 4.90 Å². The van der Waals surface area contributed by atoms with Crippen LogP contribution >= 0.6 is 11.3 Å². The first kappa shape index (κ1) is 18.2. The van der Waals surface area contributed by atoms with Crippen LogP contribution in [0, 0.1) is 0 Å². The maximum absolute atomic E-state index is 5.90. The minimum atomic E-state index is 0.866. The van der Waals surface area contributed by atoms with Gasteiger partial charge in [-0.05, 0) is 65.4 Å². The third kappa shape index (κ3) is 3.86. The summed E-state index contributed by atoms with van der Waals surface area (Å²) in [6.45, 7) is 3.06. The van der Waals surface area contributed by atoms with Gasteiger partial charge >= 0.3 is 0 Å². The number of methoxy groups -OCH3 is 1. The highest BCUT2D eigenvalue weighted by Gasteiger charge is 2.21. The number of benzene rings is 3. The molecule has 2 heterocycles. The van der Waals surface area contributed by atoms with E-state index in [-0.39, 0.29) is 0 Å². The average Bonchev–Trinajstić information content (AvgIpc) is 3.13. The van der Waals surface area contributed by atoms with Gasteiger partial charge in [-0.25, -0.2) is 0 Å². The summed E-state index contributed by atoms with van der Waals surface area (Å²) in [6.07, 6.45) is 1.12. The number of nitrogens with zero attached hydrogens (tertiary/aromatic N) is 1. The number of hydrogen-bond acceptors (Lipinski definition) is 4. The molecular weight excluding hydrogens is 378 g/mol. The molecule has 29 heavy (non-hydrogen) atoms. The largest absolute Gasteiger partial charge is 0.497 e. The minimum absolute atomic E-state index is 0.866. The van der Waals surface area contributed by atoms with Crippen molar-refractivity contribution in [2.45, 2.75) is 19.5 Å². The molecule has 0 amide bonds. The molecule has 4 aromatic rings. The van der Waals surface area contributed by atoms with E-state index in [1.54, 1.807) is 7.11 Å². The van der Waals surface area contributed by atoms with E-state index in [0.29, 0.717) is 0 Å². The summed E-state index contributed by atoms with van der Waals surface area (Å²) in [5.41, 5.74) is 2.80. The maximum atomic E-state index is 5.90. The summed E-state index contributed by atoms with van der Waals surface area (Å²) in [5.74, 6) is 2.68. The predicted molar refractivity (Wildman–Crippen MR) is 119 cm³/mol. The van der Waals surface area contributed by atoms with E-state index < -0.39 is 0 Å². The highest BCUT2D eigenvalue weighted by Crippen LogP contribution is 2.37. The highest BCUT2D eigenvalue weighted by molar-refractivity contribution is 7.19. The maximum Gasteiger partial charge on any atom is 0.127 e. The predicted octanol–water partition coefficient (Wildman–Crippen LogP) is 6.26. The van der Waals surface area contributed by atoms with Gasteiger partial charge < -0.3 is 9.47 Å².